The number of carbonyl (C=O) groups is 2. The summed E-state index contributed by atoms with van der Waals surface area (Å²) in [5.74, 6) is -6.29. The van der Waals surface area contributed by atoms with Crippen LogP contribution in [0.4, 0.5) is 23.2 Å². The molecule has 0 atom stereocenters. The highest BCUT2D eigenvalue weighted by atomic mass is 35.5. The third-order valence-corrected chi connectivity index (χ3v) is 3.81. The van der Waals surface area contributed by atoms with E-state index in [0.717, 1.165) is 24.3 Å². The molecule has 10 heteroatoms. The van der Waals surface area contributed by atoms with Gasteiger partial charge >= 0.3 is 0 Å². The van der Waals surface area contributed by atoms with Crippen LogP contribution in [0.1, 0.15) is 16.8 Å². The smallest absolute Gasteiger partial charge is 0.257 e. The lowest BCUT2D eigenvalue weighted by Gasteiger charge is -2.10. The molecule has 0 aliphatic heterocycles. The van der Waals surface area contributed by atoms with Crippen molar-refractivity contribution in [3.8, 4) is 0 Å². The Labute approximate surface area is 155 Å². The van der Waals surface area contributed by atoms with Crippen molar-refractivity contribution >= 4 is 40.7 Å². The number of anilines is 1. The maximum atomic E-state index is 13.8. The van der Waals surface area contributed by atoms with Gasteiger partial charge in [0.2, 0.25) is 5.91 Å². The Balaban J connectivity index is 1.95. The summed E-state index contributed by atoms with van der Waals surface area (Å²) in [6.07, 6.45) is -0.353. The van der Waals surface area contributed by atoms with E-state index >= 15 is 0 Å². The summed E-state index contributed by atoms with van der Waals surface area (Å²) in [7, 11) is 0. The van der Waals surface area contributed by atoms with Gasteiger partial charge in [-0.15, -0.1) is 0 Å². The molecule has 0 radical (unpaired) electrons. The second-order valence-corrected chi connectivity index (χ2v) is 5.78. The Bertz CT molecular complexity index is 858. The normalized spacial score (nSPS) is 10.5. The van der Waals surface area contributed by atoms with Crippen molar-refractivity contribution in [3.63, 3.8) is 0 Å². The van der Waals surface area contributed by atoms with Crippen molar-refractivity contribution in [2.24, 2.45) is 0 Å². The third kappa shape index (κ3) is 4.44. The van der Waals surface area contributed by atoms with Crippen molar-refractivity contribution in [2.75, 3.05) is 11.9 Å². The summed E-state index contributed by atoms with van der Waals surface area (Å²) in [6.45, 7) is -0.289. The molecule has 0 aliphatic carbocycles. The zero-order chi connectivity index (χ0) is 19.4. The predicted octanol–water partition coefficient (Wildman–Crippen LogP) is 4.31. The van der Waals surface area contributed by atoms with Gasteiger partial charge in [-0.1, -0.05) is 29.3 Å². The molecule has 2 N–H and O–H groups in total. The van der Waals surface area contributed by atoms with Crippen LogP contribution in [0, 0.1) is 23.3 Å². The van der Waals surface area contributed by atoms with Crippen molar-refractivity contribution in [1.29, 1.82) is 0 Å². The summed E-state index contributed by atoms with van der Waals surface area (Å²) in [5.41, 5.74) is -1.23. The lowest BCUT2D eigenvalue weighted by atomic mass is 10.2. The number of amides is 2. The zero-order valence-electron chi connectivity index (χ0n) is 12.8. The zero-order valence-corrected chi connectivity index (χ0v) is 14.3. The molecule has 0 bridgehead atoms. The molecular weight excluding hydrogens is 399 g/mol. The molecule has 0 heterocycles. The van der Waals surface area contributed by atoms with Gasteiger partial charge in [0.05, 0.1) is 10.7 Å². The number of benzene rings is 2. The first-order valence-electron chi connectivity index (χ1n) is 7.07. The number of hydrogen-bond acceptors (Lipinski definition) is 2. The molecular formula is C16H10Cl2F4N2O2. The Morgan fingerprint density at radius 1 is 1.00 bits per heavy atom. The molecule has 2 rings (SSSR count). The Kier molecular flexibility index (Phi) is 6.44. The molecule has 0 saturated carbocycles. The number of nitrogens with one attached hydrogen (secondary N) is 2. The van der Waals surface area contributed by atoms with Crippen LogP contribution >= 0.6 is 23.2 Å². The summed E-state index contributed by atoms with van der Waals surface area (Å²) >= 11 is 10.9. The van der Waals surface area contributed by atoms with Crippen molar-refractivity contribution in [3.05, 3.63) is 63.1 Å². The van der Waals surface area contributed by atoms with Gasteiger partial charge in [0, 0.05) is 13.0 Å². The molecule has 26 heavy (non-hydrogen) atoms. The maximum Gasteiger partial charge on any atom is 0.257 e. The molecule has 0 aromatic heterocycles. The second-order valence-electron chi connectivity index (χ2n) is 5.00. The molecule has 4 nitrogen and oxygen atoms in total. The Hall–Kier alpha value is -2.32. The molecule has 0 aliphatic rings. The number of rotatable bonds is 5. The van der Waals surface area contributed by atoms with Crippen molar-refractivity contribution in [1.82, 2.24) is 5.32 Å². The van der Waals surface area contributed by atoms with Gasteiger partial charge < -0.3 is 10.6 Å². The van der Waals surface area contributed by atoms with E-state index in [0.29, 0.717) is 0 Å². The lowest BCUT2D eigenvalue weighted by molar-refractivity contribution is -0.116. The fourth-order valence-electron chi connectivity index (χ4n) is 1.97. The first-order valence-corrected chi connectivity index (χ1v) is 7.83. The van der Waals surface area contributed by atoms with Crippen molar-refractivity contribution < 1.29 is 27.2 Å². The molecule has 2 aromatic carbocycles. The topological polar surface area (TPSA) is 58.2 Å². The molecule has 0 spiro atoms. The highest BCUT2D eigenvalue weighted by Gasteiger charge is 2.19. The van der Waals surface area contributed by atoms with E-state index < -0.39 is 56.4 Å². The number of carbonyl (C=O) groups excluding carboxylic acids is 2. The van der Waals surface area contributed by atoms with Crippen molar-refractivity contribution in [2.45, 2.75) is 6.42 Å². The molecule has 2 aromatic rings. The van der Waals surface area contributed by atoms with Crippen LogP contribution in [-0.2, 0) is 4.79 Å². The summed E-state index contributed by atoms with van der Waals surface area (Å²) in [4.78, 5) is 23.5. The van der Waals surface area contributed by atoms with Crippen LogP contribution < -0.4 is 10.6 Å². The number of halogens is 6. The maximum absolute atomic E-state index is 13.8. The predicted molar refractivity (Wildman–Crippen MR) is 88.3 cm³/mol. The summed E-state index contributed by atoms with van der Waals surface area (Å²) in [5, 5.41) is 2.90. The fraction of sp³-hybridized carbons (Fsp3) is 0.125. The van der Waals surface area contributed by atoms with E-state index in [1.54, 1.807) is 0 Å². The average Bonchev–Trinajstić information content (AvgIpc) is 2.57. The monoisotopic (exact) mass is 408 g/mol. The van der Waals surface area contributed by atoms with Gasteiger partial charge in [0.1, 0.15) is 22.2 Å². The molecule has 138 valence electrons. The highest BCUT2D eigenvalue weighted by molar-refractivity contribution is 6.35. The Morgan fingerprint density at radius 3 is 2.23 bits per heavy atom. The molecule has 0 fully saturated rings. The van der Waals surface area contributed by atoms with E-state index in [4.69, 9.17) is 23.2 Å². The van der Waals surface area contributed by atoms with Crippen LogP contribution in [0.5, 0.6) is 0 Å². The fourth-order valence-corrected chi connectivity index (χ4v) is 2.42. The van der Waals surface area contributed by atoms with E-state index in [1.165, 1.54) is 0 Å². The first-order chi connectivity index (χ1) is 12.2. The van der Waals surface area contributed by atoms with Gasteiger partial charge in [-0.25, -0.2) is 17.6 Å². The SMILES string of the molecule is O=C(CCNC(=O)c1c(F)cccc1F)Nc1cc(Cl)c(F)c(Cl)c1F. The molecule has 0 saturated heterocycles. The van der Waals surface area contributed by atoms with E-state index in [2.05, 4.69) is 10.6 Å². The highest BCUT2D eigenvalue weighted by Crippen LogP contribution is 2.31. The van der Waals surface area contributed by atoms with Gasteiger partial charge in [-0.05, 0) is 18.2 Å². The quantitative estimate of drug-likeness (QED) is 0.440. The standard InChI is InChI=1S/C16H10Cl2F4N2O2/c17-7-6-10(15(22)13(18)14(7)21)24-11(25)4-5-23-16(26)12-8(19)2-1-3-9(12)20/h1-3,6H,4-5H2,(H,23,26)(H,24,25). The lowest BCUT2D eigenvalue weighted by Crippen LogP contribution is -2.29. The summed E-state index contributed by atoms with van der Waals surface area (Å²) < 4.78 is 54.0. The number of hydrogen-bond donors (Lipinski definition) is 2. The van der Waals surface area contributed by atoms with Gasteiger partial charge in [-0.3, -0.25) is 9.59 Å². The van der Waals surface area contributed by atoms with Crippen LogP contribution in [0.25, 0.3) is 0 Å². The van der Waals surface area contributed by atoms with E-state index in [1.807, 2.05) is 0 Å². The van der Waals surface area contributed by atoms with Gasteiger partial charge in [0.25, 0.3) is 5.91 Å². The van der Waals surface area contributed by atoms with Gasteiger partial charge in [0.15, 0.2) is 11.6 Å². The minimum atomic E-state index is -1.21. The van der Waals surface area contributed by atoms with Crippen LogP contribution in [0.2, 0.25) is 10.0 Å². The van der Waals surface area contributed by atoms with E-state index in [-0.39, 0.29) is 13.0 Å². The van der Waals surface area contributed by atoms with Crippen LogP contribution in [0.3, 0.4) is 0 Å². The van der Waals surface area contributed by atoms with Gasteiger partial charge in [-0.2, -0.15) is 0 Å². The third-order valence-electron chi connectivity index (χ3n) is 3.20. The molecule has 2 amide bonds. The summed E-state index contributed by atoms with van der Waals surface area (Å²) in [6, 6.07) is 3.76. The largest absolute Gasteiger partial charge is 0.351 e. The first kappa shape index (κ1) is 20.0. The Morgan fingerprint density at radius 2 is 1.62 bits per heavy atom. The van der Waals surface area contributed by atoms with Crippen LogP contribution in [-0.4, -0.2) is 18.4 Å². The second kappa shape index (κ2) is 8.37. The average molecular weight is 409 g/mol. The van der Waals surface area contributed by atoms with Crippen LogP contribution in [0.15, 0.2) is 24.3 Å². The minimum Gasteiger partial charge on any atom is -0.351 e. The van der Waals surface area contributed by atoms with E-state index in [9.17, 15) is 27.2 Å². The molecule has 0 unspecified atom stereocenters. The minimum absolute atomic E-state index is 0.289.